The molecule has 6 nitrogen and oxygen atoms in total. The van der Waals surface area contributed by atoms with Gasteiger partial charge in [0.05, 0.1) is 5.69 Å². The summed E-state index contributed by atoms with van der Waals surface area (Å²) in [5, 5.41) is 8.03. The van der Waals surface area contributed by atoms with Crippen molar-refractivity contribution in [3.8, 4) is 0 Å². The smallest absolute Gasteiger partial charge is 0.152 e. The molecule has 0 saturated carbocycles. The Morgan fingerprint density at radius 2 is 2.00 bits per heavy atom. The molecule has 0 amide bonds. The standard InChI is InChI=1S/C17H20N6/c1-13-12-15-17(19-8-11-23(15)21-13)20-14-5-9-22(10-6-14)16-4-2-3-7-18-16/h2-4,7-8,11-12,14H,5-6,9-10H2,1H3,(H,19,20). The fourth-order valence-corrected chi connectivity index (χ4v) is 3.14. The Labute approximate surface area is 135 Å². The molecule has 3 aromatic rings. The van der Waals surface area contributed by atoms with Gasteiger partial charge >= 0.3 is 0 Å². The van der Waals surface area contributed by atoms with E-state index in [4.69, 9.17) is 0 Å². The van der Waals surface area contributed by atoms with Crippen LogP contribution in [-0.2, 0) is 0 Å². The average Bonchev–Trinajstić information content (AvgIpc) is 2.98. The first-order valence-electron chi connectivity index (χ1n) is 8.03. The van der Waals surface area contributed by atoms with Gasteiger partial charge in [-0.2, -0.15) is 5.10 Å². The summed E-state index contributed by atoms with van der Waals surface area (Å²) in [5.74, 6) is 1.99. The third-order valence-corrected chi connectivity index (χ3v) is 4.32. The predicted octanol–water partition coefficient (Wildman–Crippen LogP) is 2.51. The van der Waals surface area contributed by atoms with Crippen LogP contribution in [0.4, 0.5) is 11.6 Å². The highest BCUT2D eigenvalue weighted by Gasteiger charge is 2.21. The molecule has 1 N–H and O–H groups in total. The third kappa shape index (κ3) is 2.84. The van der Waals surface area contributed by atoms with Crippen LogP contribution >= 0.6 is 0 Å². The first-order valence-corrected chi connectivity index (χ1v) is 8.03. The fraction of sp³-hybridized carbons (Fsp3) is 0.353. The summed E-state index contributed by atoms with van der Waals surface area (Å²) in [5.41, 5.74) is 2.04. The number of rotatable bonds is 3. The molecular formula is C17H20N6. The molecule has 6 heteroatoms. The monoisotopic (exact) mass is 308 g/mol. The SMILES string of the molecule is Cc1cc2c(NC3CCN(c4ccccn4)CC3)nccn2n1. The highest BCUT2D eigenvalue weighted by Crippen LogP contribution is 2.22. The number of aryl methyl sites for hydroxylation is 1. The maximum atomic E-state index is 4.49. The molecule has 4 rings (SSSR count). The second-order valence-electron chi connectivity index (χ2n) is 5.98. The molecule has 0 bridgehead atoms. The van der Waals surface area contributed by atoms with Crippen molar-refractivity contribution in [2.75, 3.05) is 23.3 Å². The first-order chi connectivity index (χ1) is 11.3. The molecule has 0 radical (unpaired) electrons. The van der Waals surface area contributed by atoms with E-state index >= 15 is 0 Å². The maximum Gasteiger partial charge on any atom is 0.152 e. The molecule has 0 atom stereocenters. The fourth-order valence-electron chi connectivity index (χ4n) is 3.14. The van der Waals surface area contributed by atoms with Gasteiger partial charge in [0.2, 0.25) is 0 Å². The molecule has 4 heterocycles. The van der Waals surface area contributed by atoms with Crippen molar-refractivity contribution in [1.29, 1.82) is 0 Å². The second-order valence-corrected chi connectivity index (χ2v) is 5.98. The Kier molecular flexibility index (Phi) is 3.57. The molecule has 0 aliphatic carbocycles. The van der Waals surface area contributed by atoms with E-state index in [0.29, 0.717) is 6.04 Å². The van der Waals surface area contributed by atoms with Gasteiger partial charge in [-0.3, -0.25) is 0 Å². The van der Waals surface area contributed by atoms with Crippen LogP contribution in [0.5, 0.6) is 0 Å². The lowest BCUT2D eigenvalue weighted by molar-refractivity contribution is 0.522. The molecule has 1 aliphatic rings. The summed E-state index contributed by atoms with van der Waals surface area (Å²) in [4.78, 5) is 11.3. The van der Waals surface area contributed by atoms with Crippen LogP contribution in [0, 0.1) is 6.92 Å². The molecule has 1 aliphatic heterocycles. The van der Waals surface area contributed by atoms with Gasteiger partial charge in [-0.05, 0) is 38.0 Å². The summed E-state index contributed by atoms with van der Waals surface area (Å²) in [6.07, 6.45) is 7.69. The van der Waals surface area contributed by atoms with Gasteiger partial charge in [0, 0.05) is 37.7 Å². The van der Waals surface area contributed by atoms with Crippen LogP contribution in [0.2, 0.25) is 0 Å². The van der Waals surface area contributed by atoms with E-state index in [1.807, 2.05) is 36.0 Å². The number of hydrogen-bond donors (Lipinski definition) is 1. The van der Waals surface area contributed by atoms with Crippen molar-refractivity contribution in [1.82, 2.24) is 19.6 Å². The number of aromatic nitrogens is 4. The van der Waals surface area contributed by atoms with Gasteiger partial charge in [-0.1, -0.05) is 6.07 Å². The molecular weight excluding hydrogens is 288 g/mol. The minimum absolute atomic E-state index is 0.434. The molecule has 1 fully saturated rings. The number of fused-ring (bicyclic) bond motifs is 1. The van der Waals surface area contributed by atoms with Crippen molar-refractivity contribution < 1.29 is 0 Å². The highest BCUT2D eigenvalue weighted by molar-refractivity contribution is 5.68. The molecule has 1 saturated heterocycles. The minimum Gasteiger partial charge on any atom is -0.365 e. The van der Waals surface area contributed by atoms with Gasteiger partial charge in [0.1, 0.15) is 11.3 Å². The molecule has 0 aromatic carbocycles. The summed E-state index contributed by atoms with van der Waals surface area (Å²) in [7, 11) is 0. The van der Waals surface area contributed by atoms with E-state index in [2.05, 4.69) is 37.4 Å². The lowest BCUT2D eigenvalue weighted by Gasteiger charge is -2.33. The van der Waals surface area contributed by atoms with Crippen molar-refractivity contribution >= 4 is 17.2 Å². The number of anilines is 2. The zero-order valence-electron chi connectivity index (χ0n) is 13.2. The van der Waals surface area contributed by atoms with Crippen molar-refractivity contribution in [3.63, 3.8) is 0 Å². The largest absolute Gasteiger partial charge is 0.365 e. The van der Waals surface area contributed by atoms with Crippen molar-refractivity contribution in [2.45, 2.75) is 25.8 Å². The van der Waals surface area contributed by atoms with Crippen LogP contribution in [0.1, 0.15) is 18.5 Å². The number of nitrogens with zero attached hydrogens (tertiary/aromatic N) is 5. The Hall–Kier alpha value is -2.63. The van der Waals surface area contributed by atoms with E-state index in [-0.39, 0.29) is 0 Å². The number of piperidine rings is 1. The van der Waals surface area contributed by atoms with Gasteiger partial charge in [-0.15, -0.1) is 0 Å². The molecule has 3 aromatic heterocycles. The van der Waals surface area contributed by atoms with Gasteiger partial charge in [-0.25, -0.2) is 14.5 Å². The van der Waals surface area contributed by atoms with Crippen LogP contribution < -0.4 is 10.2 Å². The quantitative estimate of drug-likeness (QED) is 0.805. The summed E-state index contributed by atoms with van der Waals surface area (Å²) in [6.45, 7) is 4.02. The van der Waals surface area contributed by atoms with Crippen LogP contribution in [-0.4, -0.2) is 38.7 Å². The van der Waals surface area contributed by atoms with E-state index in [1.54, 1.807) is 6.20 Å². The molecule has 23 heavy (non-hydrogen) atoms. The molecule has 0 spiro atoms. The van der Waals surface area contributed by atoms with Gasteiger partial charge in [0.15, 0.2) is 5.82 Å². The zero-order chi connectivity index (χ0) is 15.6. The molecule has 0 unspecified atom stereocenters. The summed E-state index contributed by atoms with van der Waals surface area (Å²) in [6, 6.07) is 8.57. The van der Waals surface area contributed by atoms with Gasteiger partial charge < -0.3 is 10.2 Å². The number of hydrogen-bond acceptors (Lipinski definition) is 5. The topological polar surface area (TPSA) is 58.3 Å². The van der Waals surface area contributed by atoms with E-state index in [1.165, 1.54) is 0 Å². The van der Waals surface area contributed by atoms with Crippen LogP contribution in [0.15, 0.2) is 42.9 Å². The average molecular weight is 308 g/mol. The predicted molar refractivity (Wildman–Crippen MR) is 90.8 cm³/mol. The van der Waals surface area contributed by atoms with E-state index in [9.17, 15) is 0 Å². The van der Waals surface area contributed by atoms with E-state index < -0.39 is 0 Å². The Balaban J connectivity index is 1.45. The maximum absolute atomic E-state index is 4.49. The van der Waals surface area contributed by atoms with Crippen molar-refractivity contribution in [3.05, 3.63) is 48.5 Å². The van der Waals surface area contributed by atoms with Gasteiger partial charge in [0.25, 0.3) is 0 Å². The first kappa shape index (κ1) is 14.0. The normalized spacial score (nSPS) is 16.0. The Bertz CT molecular complexity index is 789. The Morgan fingerprint density at radius 1 is 1.13 bits per heavy atom. The Morgan fingerprint density at radius 3 is 2.78 bits per heavy atom. The lowest BCUT2D eigenvalue weighted by atomic mass is 10.0. The second kappa shape index (κ2) is 5.87. The molecule has 118 valence electrons. The number of pyridine rings is 1. The van der Waals surface area contributed by atoms with Crippen molar-refractivity contribution in [2.24, 2.45) is 0 Å². The highest BCUT2D eigenvalue weighted by atomic mass is 15.2. The van der Waals surface area contributed by atoms with Crippen LogP contribution in [0.3, 0.4) is 0 Å². The number of nitrogens with one attached hydrogen (secondary N) is 1. The minimum atomic E-state index is 0.434. The summed E-state index contributed by atoms with van der Waals surface area (Å²) < 4.78 is 1.88. The third-order valence-electron chi connectivity index (χ3n) is 4.32. The zero-order valence-corrected chi connectivity index (χ0v) is 13.2. The van der Waals surface area contributed by atoms with E-state index in [0.717, 1.165) is 48.8 Å². The summed E-state index contributed by atoms with van der Waals surface area (Å²) >= 11 is 0. The van der Waals surface area contributed by atoms with Crippen LogP contribution in [0.25, 0.3) is 5.52 Å². The lowest BCUT2D eigenvalue weighted by Crippen LogP contribution is -2.39.